The number of nitrogens with zero attached hydrogens (tertiary/aromatic N) is 2. The Hall–Kier alpha value is -3.48. The molecule has 0 aliphatic carbocycles. The van der Waals surface area contributed by atoms with Crippen molar-refractivity contribution in [3.8, 4) is 0 Å². The van der Waals surface area contributed by atoms with Crippen LogP contribution in [0.15, 0.2) is 9.59 Å². The van der Waals surface area contributed by atoms with Crippen LogP contribution in [0.5, 0.6) is 0 Å². The smallest absolute Gasteiger partial charge is 0.305 e. The minimum absolute atomic E-state index is 0.0673. The second kappa shape index (κ2) is 43.3. The van der Waals surface area contributed by atoms with Crippen LogP contribution in [0, 0.1) is 11.8 Å². The summed E-state index contributed by atoms with van der Waals surface area (Å²) in [6, 6.07) is 0. The van der Waals surface area contributed by atoms with Crippen LogP contribution in [-0.2, 0) is 38.1 Å². The molecule has 1 N–H and O–H groups in total. The average Bonchev–Trinajstić information content (AvgIpc) is 3.33. The average molecular weight is 976 g/mol. The van der Waals surface area contributed by atoms with Crippen molar-refractivity contribution in [1.82, 2.24) is 4.90 Å². The van der Waals surface area contributed by atoms with E-state index in [0.29, 0.717) is 43.6 Å². The van der Waals surface area contributed by atoms with Gasteiger partial charge in [-0.15, -0.1) is 0 Å². The first-order chi connectivity index (χ1) is 33.5. The molecule has 1 rings (SSSR count). The molecule has 1 aromatic carbocycles. The van der Waals surface area contributed by atoms with Gasteiger partial charge in [-0.25, -0.2) is 0 Å². The van der Waals surface area contributed by atoms with Crippen molar-refractivity contribution in [3.05, 3.63) is 20.4 Å². The molecule has 0 aliphatic rings. The van der Waals surface area contributed by atoms with E-state index in [1.165, 1.54) is 25.7 Å². The van der Waals surface area contributed by atoms with Gasteiger partial charge >= 0.3 is 23.9 Å². The predicted molar refractivity (Wildman–Crippen MR) is 282 cm³/mol. The van der Waals surface area contributed by atoms with Crippen LogP contribution in [0.3, 0.4) is 0 Å². The van der Waals surface area contributed by atoms with E-state index in [9.17, 15) is 28.8 Å². The van der Waals surface area contributed by atoms with Gasteiger partial charge in [0.05, 0.1) is 26.4 Å². The fraction of sp³-hybridized carbons (Fsp3) is 0.857. The van der Waals surface area contributed by atoms with E-state index in [0.717, 1.165) is 174 Å². The first-order valence-corrected chi connectivity index (χ1v) is 28.1. The largest absolute Gasteiger partial charge is 0.465 e. The van der Waals surface area contributed by atoms with Crippen molar-refractivity contribution in [2.45, 2.75) is 233 Å². The summed E-state index contributed by atoms with van der Waals surface area (Å²) in [7, 11) is 3.53. The fourth-order valence-corrected chi connectivity index (χ4v) is 8.57. The number of rotatable bonds is 49. The number of nitrogens with one attached hydrogen (secondary N) is 1. The zero-order valence-corrected chi connectivity index (χ0v) is 44.9. The molecule has 0 unspecified atom stereocenters. The molecule has 0 radical (unpaired) electrons. The summed E-state index contributed by atoms with van der Waals surface area (Å²) < 4.78 is 23.0. The van der Waals surface area contributed by atoms with Crippen molar-refractivity contribution in [3.63, 3.8) is 0 Å². The van der Waals surface area contributed by atoms with Crippen molar-refractivity contribution in [1.29, 1.82) is 0 Å². The second-order valence-corrected chi connectivity index (χ2v) is 19.9. The van der Waals surface area contributed by atoms with E-state index >= 15 is 0 Å². The van der Waals surface area contributed by atoms with Gasteiger partial charge in [-0.3, -0.25) is 28.8 Å². The molecule has 0 amide bonds. The molecule has 0 atom stereocenters. The maximum Gasteiger partial charge on any atom is 0.305 e. The molecule has 69 heavy (non-hydrogen) atoms. The zero-order chi connectivity index (χ0) is 50.7. The Balaban J connectivity index is 2.91. The third kappa shape index (κ3) is 33.7. The number of anilines is 2. The number of hydrogen-bond acceptors (Lipinski definition) is 13. The lowest BCUT2D eigenvalue weighted by Gasteiger charge is -2.24. The van der Waals surface area contributed by atoms with Crippen LogP contribution in [0.4, 0.5) is 11.4 Å². The molecule has 0 saturated heterocycles. The van der Waals surface area contributed by atoms with Crippen molar-refractivity contribution in [2.75, 3.05) is 76.9 Å². The Kier molecular flexibility index (Phi) is 39.9. The van der Waals surface area contributed by atoms with Crippen molar-refractivity contribution >= 4 is 35.3 Å². The van der Waals surface area contributed by atoms with Gasteiger partial charge in [0.2, 0.25) is 0 Å². The van der Waals surface area contributed by atoms with Gasteiger partial charge in [0.15, 0.2) is 0 Å². The van der Waals surface area contributed by atoms with Crippen LogP contribution in [0.2, 0.25) is 0 Å². The molecule has 13 nitrogen and oxygen atoms in total. The highest BCUT2D eigenvalue weighted by atomic mass is 16.6. The molecular weight excluding hydrogens is 875 g/mol. The highest BCUT2D eigenvalue weighted by Gasteiger charge is 2.22. The van der Waals surface area contributed by atoms with Gasteiger partial charge in [0.25, 0.3) is 10.9 Å². The third-order valence-electron chi connectivity index (χ3n) is 13.1. The van der Waals surface area contributed by atoms with Gasteiger partial charge in [0.1, 0.15) is 11.4 Å². The summed E-state index contributed by atoms with van der Waals surface area (Å²) >= 11 is 0. The third-order valence-corrected chi connectivity index (χ3v) is 13.1. The minimum atomic E-state index is -0.458. The Morgan fingerprint density at radius 1 is 0.420 bits per heavy atom. The first kappa shape index (κ1) is 63.5. The van der Waals surface area contributed by atoms with E-state index in [1.54, 1.807) is 19.0 Å². The van der Waals surface area contributed by atoms with Gasteiger partial charge in [-0.2, -0.15) is 0 Å². The van der Waals surface area contributed by atoms with Crippen LogP contribution in [0.1, 0.15) is 233 Å². The summed E-state index contributed by atoms with van der Waals surface area (Å²) in [5.74, 6) is -0.871. The normalized spacial score (nSPS) is 11.5. The van der Waals surface area contributed by atoms with E-state index in [2.05, 4.69) is 37.9 Å². The number of esters is 4. The molecule has 13 heteroatoms. The Morgan fingerprint density at radius 2 is 0.739 bits per heavy atom. The number of unbranched alkanes of at least 4 members (excludes halogenated alkanes) is 19. The Labute approximate surface area is 419 Å². The lowest BCUT2D eigenvalue weighted by molar-refractivity contribution is -0.151. The number of carbonyl (C=O) groups excluding carboxylic acids is 4. The van der Waals surface area contributed by atoms with E-state index < -0.39 is 10.9 Å². The quantitative estimate of drug-likeness (QED) is 0.0285. The van der Waals surface area contributed by atoms with Crippen molar-refractivity contribution < 1.29 is 38.1 Å². The van der Waals surface area contributed by atoms with Gasteiger partial charge in [-0.05, 0) is 83.8 Å². The molecule has 0 fully saturated rings. The number of hydrogen-bond donors (Lipinski definition) is 1. The van der Waals surface area contributed by atoms with Gasteiger partial charge < -0.3 is 34.1 Å². The van der Waals surface area contributed by atoms with E-state index in [-0.39, 0.29) is 62.1 Å². The first-order valence-electron chi connectivity index (χ1n) is 28.1. The second-order valence-electron chi connectivity index (χ2n) is 19.9. The molecular formula is C56H101N3O10. The van der Waals surface area contributed by atoms with Gasteiger partial charge in [-0.1, -0.05) is 143 Å². The highest BCUT2D eigenvalue weighted by Crippen LogP contribution is 2.19. The lowest BCUT2D eigenvalue weighted by atomic mass is 10.0. The summed E-state index contributed by atoms with van der Waals surface area (Å²) in [6.07, 6.45) is 29.8. The molecule has 0 saturated carbocycles. The minimum Gasteiger partial charge on any atom is -0.465 e. The van der Waals surface area contributed by atoms with Gasteiger partial charge in [0, 0.05) is 58.2 Å². The predicted octanol–water partition coefficient (Wildman–Crippen LogP) is 12.0. The maximum absolute atomic E-state index is 12.7. The molecule has 0 spiro atoms. The summed E-state index contributed by atoms with van der Waals surface area (Å²) in [4.78, 5) is 79.1. The summed E-state index contributed by atoms with van der Waals surface area (Å²) in [5, 5.41) is 3.20. The van der Waals surface area contributed by atoms with E-state index in [1.807, 2.05) is 0 Å². The Bertz CT molecular complexity index is 1390. The maximum atomic E-state index is 12.7. The molecule has 0 aromatic heterocycles. The molecule has 1 aromatic rings. The van der Waals surface area contributed by atoms with Crippen LogP contribution >= 0.6 is 0 Å². The number of carbonyl (C=O) groups is 4. The summed E-state index contributed by atoms with van der Waals surface area (Å²) in [6.45, 7) is 12.9. The molecule has 0 aliphatic heterocycles. The van der Waals surface area contributed by atoms with Crippen LogP contribution < -0.4 is 21.1 Å². The van der Waals surface area contributed by atoms with E-state index in [4.69, 9.17) is 18.9 Å². The zero-order valence-electron chi connectivity index (χ0n) is 44.9. The molecule has 0 bridgehead atoms. The van der Waals surface area contributed by atoms with Crippen LogP contribution in [0.25, 0.3) is 0 Å². The lowest BCUT2D eigenvalue weighted by Crippen LogP contribution is -2.40. The van der Waals surface area contributed by atoms with Crippen LogP contribution in [-0.4, -0.2) is 95.5 Å². The Morgan fingerprint density at radius 3 is 1.06 bits per heavy atom. The molecule has 0 heterocycles. The number of ether oxygens (including phenoxy) is 4. The highest BCUT2D eigenvalue weighted by molar-refractivity contribution is 5.74. The van der Waals surface area contributed by atoms with Crippen molar-refractivity contribution in [2.24, 2.45) is 11.8 Å². The SMILES string of the molecule is CCCCCCCC(=O)OCC(CCCCN(CCCCNc1c(N(C)C)c(=O)c1=O)CCCCC(COC(=O)CCCCCCC)COC(=O)CCCCCCC)COC(=O)CCCCCCC. The summed E-state index contributed by atoms with van der Waals surface area (Å²) in [5.41, 5.74) is -0.0730. The standard InChI is InChI=1S/C56H101N3O10/c1-7-11-15-19-23-35-49(60)66-43-47(44-67-50(61)36-24-20-16-12-8-2)33-27-30-40-59(42-32-29-39-57-53-54(58(5)6)56(65)55(53)64)41-31-28-34-48(45-68-51(62)37-25-21-17-13-9-3)46-69-52(63)38-26-22-18-14-10-4/h47-48,57H,7-46H2,1-6H3. The monoisotopic (exact) mass is 976 g/mol. The fourth-order valence-electron chi connectivity index (χ4n) is 8.57. The topological polar surface area (TPSA) is 158 Å². The molecule has 400 valence electrons.